The molecule has 0 amide bonds. The lowest BCUT2D eigenvalue weighted by Gasteiger charge is -2.09. The molecule has 20 heavy (non-hydrogen) atoms. The lowest BCUT2D eigenvalue weighted by Crippen LogP contribution is -2.03. The molecule has 0 atom stereocenters. The molecular weight excluding hydrogens is 254 g/mol. The van der Waals surface area contributed by atoms with Crippen LogP contribution in [0.4, 0.5) is 11.4 Å². The number of anilines is 1. The van der Waals surface area contributed by atoms with E-state index < -0.39 is 0 Å². The first-order chi connectivity index (χ1) is 9.75. The Morgan fingerprint density at radius 2 is 2.20 bits per heavy atom. The van der Waals surface area contributed by atoms with Gasteiger partial charge >= 0.3 is 0 Å². The van der Waals surface area contributed by atoms with Crippen LogP contribution in [0.5, 0.6) is 0 Å². The van der Waals surface area contributed by atoms with Crippen LogP contribution in [0.25, 0.3) is 10.9 Å². The number of non-ortho nitro benzene ring substituents is 1. The summed E-state index contributed by atoms with van der Waals surface area (Å²) in [4.78, 5) is 14.9. The van der Waals surface area contributed by atoms with Crippen LogP contribution in [0, 0.1) is 16.0 Å². The first-order valence-electron chi connectivity index (χ1n) is 7.01. The Labute approximate surface area is 117 Å². The van der Waals surface area contributed by atoms with Crippen molar-refractivity contribution in [3.63, 3.8) is 0 Å². The van der Waals surface area contributed by atoms with Crippen LogP contribution >= 0.6 is 0 Å². The molecule has 0 bridgehead atoms. The highest BCUT2D eigenvalue weighted by Crippen LogP contribution is 2.33. The predicted octanol–water partition coefficient (Wildman–Crippen LogP) is 3.75. The van der Waals surface area contributed by atoms with E-state index in [2.05, 4.69) is 10.3 Å². The zero-order chi connectivity index (χ0) is 13.9. The summed E-state index contributed by atoms with van der Waals surface area (Å²) in [7, 11) is 0. The Morgan fingerprint density at radius 3 is 2.95 bits per heavy atom. The first kappa shape index (κ1) is 12.8. The molecular formula is C15H17N3O2. The van der Waals surface area contributed by atoms with E-state index in [1.807, 2.05) is 0 Å². The van der Waals surface area contributed by atoms with Gasteiger partial charge in [-0.15, -0.1) is 0 Å². The molecule has 1 aliphatic rings. The summed E-state index contributed by atoms with van der Waals surface area (Å²) in [6.45, 7) is 0.889. The number of nitro benzene ring substituents is 1. The highest BCUT2D eigenvalue weighted by Gasteiger charge is 2.20. The molecule has 1 saturated carbocycles. The van der Waals surface area contributed by atoms with E-state index in [0.717, 1.165) is 24.6 Å². The van der Waals surface area contributed by atoms with Crippen LogP contribution in [0.15, 0.2) is 30.5 Å². The number of hydrogen-bond donors (Lipinski definition) is 1. The summed E-state index contributed by atoms with van der Waals surface area (Å²) in [5, 5.41) is 15.0. The number of fused-ring (bicyclic) bond motifs is 1. The third kappa shape index (κ3) is 2.71. The summed E-state index contributed by atoms with van der Waals surface area (Å²) in [6.07, 6.45) is 6.83. The summed E-state index contributed by atoms with van der Waals surface area (Å²) in [5.41, 5.74) is 1.66. The zero-order valence-electron chi connectivity index (χ0n) is 11.2. The van der Waals surface area contributed by atoms with Gasteiger partial charge in [-0.3, -0.25) is 15.1 Å². The Kier molecular flexibility index (Phi) is 3.50. The number of benzene rings is 1. The van der Waals surface area contributed by atoms with Gasteiger partial charge in [0.25, 0.3) is 5.69 Å². The number of nitrogens with zero attached hydrogens (tertiary/aromatic N) is 2. The van der Waals surface area contributed by atoms with Gasteiger partial charge in [0.1, 0.15) is 5.52 Å². The second-order valence-electron chi connectivity index (χ2n) is 5.30. The van der Waals surface area contributed by atoms with Gasteiger partial charge in [0.15, 0.2) is 0 Å². The number of nitro groups is 1. The Morgan fingerprint density at radius 1 is 1.35 bits per heavy atom. The van der Waals surface area contributed by atoms with Crippen molar-refractivity contribution >= 4 is 22.3 Å². The third-order valence-corrected chi connectivity index (χ3v) is 3.74. The molecule has 0 unspecified atom stereocenters. The maximum absolute atomic E-state index is 11.0. The fraction of sp³-hybridized carbons (Fsp3) is 0.400. The lowest BCUT2D eigenvalue weighted by atomic mass is 10.1. The fourth-order valence-corrected chi connectivity index (χ4v) is 2.48. The average molecular weight is 271 g/mol. The van der Waals surface area contributed by atoms with Crippen molar-refractivity contribution in [1.29, 1.82) is 0 Å². The second-order valence-corrected chi connectivity index (χ2v) is 5.30. The Hall–Kier alpha value is -2.17. The van der Waals surface area contributed by atoms with Crippen LogP contribution in [0.3, 0.4) is 0 Å². The normalized spacial score (nSPS) is 14.4. The highest BCUT2D eigenvalue weighted by atomic mass is 16.6. The molecule has 1 aromatic heterocycles. The minimum Gasteiger partial charge on any atom is -0.383 e. The fourth-order valence-electron chi connectivity index (χ4n) is 2.48. The molecule has 5 heteroatoms. The van der Waals surface area contributed by atoms with Gasteiger partial charge in [-0.05, 0) is 37.0 Å². The summed E-state index contributed by atoms with van der Waals surface area (Å²) < 4.78 is 0. The molecule has 2 aromatic rings. The van der Waals surface area contributed by atoms with E-state index in [4.69, 9.17) is 0 Å². The molecule has 0 saturated heterocycles. The van der Waals surface area contributed by atoms with Crippen LogP contribution in [-0.2, 0) is 0 Å². The van der Waals surface area contributed by atoms with Crippen LogP contribution in [0.2, 0.25) is 0 Å². The smallest absolute Gasteiger partial charge is 0.278 e. The Balaban J connectivity index is 1.79. The molecule has 1 fully saturated rings. The van der Waals surface area contributed by atoms with Gasteiger partial charge in [0, 0.05) is 18.8 Å². The zero-order valence-corrected chi connectivity index (χ0v) is 11.2. The van der Waals surface area contributed by atoms with Crippen LogP contribution in [-0.4, -0.2) is 16.5 Å². The SMILES string of the molecule is O=[N+]([O-])c1ccc(NCCCC2CC2)c2ncccc12. The van der Waals surface area contributed by atoms with Gasteiger partial charge in [-0.2, -0.15) is 0 Å². The van der Waals surface area contributed by atoms with E-state index in [9.17, 15) is 10.1 Å². The monoisotopic (exact) mass is 271 g/mol. The molecule has 104 valence electrons. The summed E-state index contributed by atoms with van der Waals surface area (Å²) >= 11 is 0. The predicted molar refractivity (Wildman–Crippen MR) is 78.8 cm³/mol. The number of rotatable bonds is 6. The molecule has 0 spiro atoms. The topological polar surface area (TPSA) is 68.1 Å². The number of hydrogen-bond acceptors (Lipinski definition) is 4. The molecule has 0 radical (unpaired) electrons. The molecule has 1 aliphatic carbocycles. The maximum Gasteiger partial charge on any atom is 0.278 e. The molecule has 1 aromatic carbocycles. The van der Waals surface area contributed by atoms with E-state index in [1.165, 1.54) is 19.3 Å². The van der Waals surface area contributed by atoms with Gasteiger partial charge in [-0.25, -0.2) is 0 Å². The average Bonchev–Trinajstić information content (AvgIpc) is 3.27. The van der Waals surface area contributed by atoms with Gasteiger partial charge in [0.05, 0.1) is 16.0 Å². The molecule has 1 heterocycles. The van der Waals surface area contributed by atoms with Crippen molar-refractivity contribution in [2.75, 3.05) is 11.9 Å². The van der Waals surface area contributed by atoms with Gasteiger partial charge < -0.3 is 5.32 Å². The number of nitrogens with one attached hydrogen (secondary N) is 1. The van der Waals surface area contributed by atoms with Gasteiger partial charge in [-0.1, -0.05) is 12.8 Å². The quantitative estimate of drug-likeness (QED) is 0.493. The minimum atomic E-state index is -0.360. The molecule has 0 aliphatic heterocycles. The maximum atomic E-state index is 11.0. The van der Waals surface area contributed by atoms with Gasteiger partial charge in [0.2, 0.25) is 0 Å². The largest absolute Gasteiger partial charge is 0.383 e. The summed E-state index contributed by atoms with van der Waals surface area (Å²) in [6, 6.07) is 6.78. The van der Waals surface area contributed by atoms with E-state index in [-0.39, 0.29) is 10.6 Å². The van der Waals surface area contributed by atoms with Crippen molar-refractivity contribution in [3.05, 3.63) is 40.6 Å². The van der Waals surface area contributed by atoms with Crippen molar-refractivity contribution < 1.29 is 4.92 Å². The molecule has 5 nitrogen and oxygen atoms in total. The van der Waals surface area contributed by atoms with E-state index in [1.54, 1.807) is 30.5 Å². The van der Waals surface area contributed by atoms with Crippen LogP contribution in [0.1, 0.15) is 25.7 Å². The van der Waals surface area contributed by atoms with Crippen molar-refractivity contribution in [2.24, 2.45) is 5.92 Å². The first-order valence-corrected chi connectivity index (χ1v) is 7.01. The van der Waals surface area contributed by atoms with Crippen molar-refractivity contribution in [3.8, 4) is 0 Å². The molecule has 3 rings (SSSR count). The second kappa shape index (κ2) is 5.45. The van der Waals surface area contributed by atoms with Crippen molar-refractivity contribution in [2.45, 2.75) is 25.7 Å². The highest BCUT2D eigenvalue weighted by molar-refractivity contribution is 5.96. The van der Waals surface area contributed by atoms with E-state index in [0.29, 0.717) is 10.9 Å². The van der Waals surface area contributed by atoms with E-state index >= 15 is 0 Å². The number of pyridine rings is 1. The van der Waals surface area contributed by atoms with Crippen LogP contribution < -0.4 is 5.32 Å². The standard InChI is InChI=1S/C15H17N3O2/c19-18(20)14-8-7-13(15-12(14)4-2-10-17-15)16-9-1-3-11-5-6-11/h2,4,7-8,10-11,16H,1,3,5-6,9H2. The van der Waals surface area contributed by atoms with Crippen molar-refractivity contribution in [1.82, 2.24) is 4.98 Å². The lowest BCUT2D eigenvalue weighted by molar-refractivity contribution is -0.383. The minimum absolute atomic E-state index is 0.108. The Bertz CT molecular complexity index is 638. The summed E-state index contributed by atoms with van der Waals surface area (Å²) in [5.74, 6) is 0.934. The number of aromatic nitrogens is 1. The third-order valence-electron chi connectivity index (χ3n) is 3.74. The molecule has 1 N–H and O–H groups in total.